The summed E-state index contributed by atoms with van der Waals surface area (Å²) in [5.74, 6) is -1.35. The van der Waals surface area contributed by atoms with E-state index >= 15 is 0 Å². The first-order valence-electron chi connectivity index (χ1n) is 8.82. The van der Waals surface area contributed by atoms with Gasteiger partial charge >= 0.3 is 5.97 Å². The number of aryl methyl sites for hydroxylation is 3. The number of hydrogen-bond donors (Lipinski definition) is 1. The van der Waals surface area contributed by atoms with Crippen LogP contribution in [0.1, 0.15) is 50.6 Å². The Morgan fingerprint density at radius 2 is 1.74 bits per heavy atom. The van der Waals surface area contributed by atoms with E-state index in [2.05, 4.69) is 5.32 Å². The lowest BCUT2D eigenvalue weighted by Gasteiger charge is -2.20. The molecule has 0 aliphatic carbocycles. The number of carbonyl (C=O) groups is 3. The lowest BCUT2D eigenvalue weighted by Crippen LogP contribution is -2.45. The first-order chi connectivity index (χ1) is 12.7. The summed E-state index contributed by atoms with van der Waals surface area (Å²) in [6.07, 6.45) is 0. The third-order valence-corrected chi connectivity index (χ3v) is 5.31. The van der Waals surface area contributed by atoms with Gasteiger partial charge in [0.05, 0.1) is 4.88 Å². The largest absolute Gasteiger partial charge is 0.456 e. The average molecular weight is 388 g/mol. The van der Waals surface area contributed by atoms with Gasteiger partial charge in [-0.2, -0.15) is 0 Å². The van der Waals surface area contributed by atoms with Crippen LogP contribution in [-0.2, 0) is 9.53 Å². The highest BCUT2D eigenvalue weighted by atomic mass is 32.1. The van der Waals surface area contributed by atoms with Crippen LogP contribution in [0.15, 0.2) is 29.6 Å². The second-order valence-corrected chi connectivity index (χ2v) is 7.90. The summed E-state index contributed by atoms with van der Waals surface area (Å²) in [5, 5.41) is 4.49. The molecule has 1 N–H and O–H groups in total. The van der Waals surface area contributed by atoms with Crippen molar-refractivity contribution in [3.05, 3.63) is 56.8 Å². The van der Waals surface area contributed by atoms with Crippen molar-refractivity contribution in [3.8, 4) is 0 Å². The highest BCUT2D eigenvalue weighted by molar-refractivity contribution is 7.12. The molecule has 0 saturated heterocycles. The Hall–Kier alpha value is -2.47. The zero-order valence-electron chi connectivity index (χ0n) is 16.3. The van der Waals surface area contributed by atoms with Crippen molar-refractivity contribution in [1.82, 2.24) is 5.32 Å². The third kappa shape index (κ3) is 5.26. The van der Waals surface area contributed by atoms with Crippen LogP contribution >= 0.6 is 11.3 Å². The number of thiophene rings is 1. The van der Waals surface area contributed by atoms with Crippen LogP contribution in [0, 0.1) is 26.7 Å². The number of ether oxygens (including phenoxy) is 1. The molecule has 144 valence electrons. The summed E-state index contributed by atoms with van der Waals surface area (Å²) in [5.41, 5.74) is 3.52. The maximum absolute atomic E-state index is 12.5. The summed E-state index contributed by atoms with van der Waals surface area (Å²) >= 11 is 1.30. The van der Waals surface area contributed by atoms with Gasteiger partial charge in [0.1, 0.15) is 6.04 Å². The van der Waals surface area contributed by atoms with E-state index in [0.717, 1.165) is 16.7 Å². The van der Waals surface area contributed by atoms with Crippen LogP contribution in [0.25, 0.3) is 0 Å². The zero-order valence-corrected chi connectivity index (χ0v) is 17.1. The summed E-state index contributed by atoms with van der Waals surface area (Å²) in [6, 6.07) is 6.41. The molecular formula is C21H25NO4S. The maximum atomic E-state index is 12.5. The van der Waals surface area contributed by atoms with Gasteiger partial charge in [-0.1, -0.05) is 26.0 Å². The molecule has 5 nitrogen and oxygen atoms in total. The number of amides is 1. The molecule has 1 unspecified atom stereocenters. The molecule has 1 amide bonds. The number of carbonyl (C=O) groups excluding carboxylic acids is 3. The molecule has 1 heterocycles. The number of Topliss-reactive ketones (excluding diaryl/α,β-unsaturated/α-hetero) is 1. The van der Waals surface area contributed by atoms with E-state index < -0.39 is 12.0 Å². The Morgan fingerprint density at radius 1 is 1.07 bits per heavy atom. The molecule has 0 spiro atoms. The first kappa shape index (κ1) is 20.8. The van der Waals surface area contributed by atoms with Crippen molar-refractivity contribution in [2.24, 2.45) is 5.92 Å². The SMILES string of the molecule is Cc1cc(C)c(C(=O)COC(=O)C(NC(=O)c2cccs2)C(C)C)cc1C. The van der Waals surface area contributed by atoms with Gasteiger partial charge < -0.3 is 10.1 Å². The average Bonchev–Trinajstić information content (AvgIpc) is 3.14. The van der Waals surface area contributed by atoms with Crippen LogP contribution in [0.3, 0.4) is 0 Å². The molecule has 0 aliphatic heterocycles. The van der Waals surface area contributed by atoms with Gasteiger partial charge in [-0.15, -0.1) is 11.3 Å². The number of benzene rings is 1. The zero-order chi connectivity index (χ0) is 20.1. The van der Waals surface area contributed by atoms with Gasteiger partial charge in [-0.05, 0) is 60.9 Å². The van der Waals surface area contributed by atoms with Crippen molar-refractivity contribution in [2.45, 2.75) is 40.7 Å². The smallest absolute Gasteiger partial charge is 0.329 e. The van der Waals surface area contributed by atoms with E-state index in [9.17, 15) is 14.4 Å². The fraction of sp³-hybridized carbons (Fsp3) is 0.381. The Labute approximate surface area is 163 Å². The molecule has 1 atom stereocenters. The highest BCUT2D eigenvalue weighted by Gasteiger charge is 2.27. The number of nitrogens with one attached hydrogen (secondary N) is 1. The van der Waals surface area contributed by atoms with Crippen molar-refractivity contribution in [2.75, 3.05) is 6.61 Å². The summed E-state index contributed by atoms with van der Waals surface area (Å²) < 4.78 is 5.23. The van der Waals surface area contributed by atoms with Crippen LogP contribution in [0.2, 0.25) is 0 Å². The van der Waals surface area contributed by atoms with E-state index in [4.69, 9.17) is 4.74 Å². The fourth-order valence-corrected chi connectivity index (χ4v) is 3.31. The monoisotopic (exact) mass is 387 g/mol. The molecule has 0 fully saturated rings. The van der Waals surface area contributed by atoms with E-state index in [1.807, 2.05) is 46.8 Å². The molecule has 2 rings (SSSR count). The van der Waals surface area contributed by atoms with Gasteiger partial charge in [0, 0.05) is 5.56 Å². The minimum atomic E-state index is -0.812. The minimum absolute atomic E-state index is 0.167. The van der Waals surface area contributed by atoms with Crippen molar-refractivity contribution < 1.29 is 19.1 Å². The summed E-state index contributed by atoms with van der Waals surface area (Å²) in [7, 11) is 0. The molecule has 1 aromatic carbocycles. The molecule has 27 heavy (non-hydrogen) atoms. The van der Waals surface area contributed by atoms with Gasteiger partial charge in [0.25, 0.3) is 5.91 Å². The van der Waals surface area contributed by atoms with E-state index in [1.54, 1.807) is 17.5 Å². The second kappa shape index (κ2) is 8.95. The van der Waals surface area contributed by atoms with E-state index in [0.29, 0.717) is 10.4 Å². The molecule has 0 aliphatic rings. The molecule has 0 saturated carbocycles. The standard InChI is InChI=1S/C21H25NO4S/c1-12(2)19(22-20(24)18-7-6-8-27-18)21(25)26-11-17(23)16-10-14(4)13(3)9-15(16)5/h6-10,12,19H,11H2,1-5H3,(H,22,24). The Morgan fingerprint density at radius 3 is 2.33 bits per heavy atom. The number of hydrogen-bond acceptors (Lipinski definition) is 5. The number of ketones is 1. The van der Waals surface area contributed by atoms with Crippen molar-refractivity contribution in [1.29, 1.82) is 0 Å². The number of esters is 1. The van der Waals surface area contributed by atoms with Crippen LogP contribution < -0.4 is 5.32 Å². The minimum Gasteiger partial charge on any atom is -0.456 e. The van der Waals surface area contributed by atoms with Crippen LogP contribution in [0.4, 0.5) is 0 Å². The molecule has 6 heteroatoms. The van der Waals surface area contributed by atoms with Crippen molar-refractivity contribution in [3.63, 3.8) is 0 Å². The van der Waals surface area contributed by atoms with Crippen molar-refractivity contribution >= 4 is 29.0 Å². The van der Waals surface area contributed by atoms with Gasteiger partial charge in [-0.3, -0.25) is 9.59 Å². The lowest BCUT2D eigenvalue weighted by atomic mass is 9.98. The Bertz CT molecular complexity index is 840. The maximum Gasteiger partial charge on any atom is 0.329 e. The Kier molecular flexibility index (Phi) is 6.91. The van der Waals surface area contributed by atoms with Crippen LogP contribution in [0.5, 0.6) is 0 Å². The first-order valence-corrected chi connectivity index (χ1v) is 9.70. The molecular weight excluding hydrogens is 362 g/mol. The third-order valence-electron chi connectivity index (χ3n) is 4.44. The predicted octanol–water partition coefficient (Wildman–Crippen LogP) is 3.85. The topological polar surface area (TPSA) is 72.5 Å². The van der Waals surface area contributed by atoms with Crippen LogP contribution in [-0.4, -0.2) is 30.3 Å². The van der Waals surface area contributed by atoms with Gasteiger partial charge in [0.15, 0.2) is 6.61 Å². The molecule has 2 aromatic rings. The highest BCUT2D eigenvalue weighted by Crippen LogP contribution is 2.16. The summed E-state index contributed by atoms with van der Waals surface area (Å²) in [6.45, 7) is 9.07. The van der Waals surface area contributed by atoms with E-state index in [1.165, 1.54) is 11.3 Å². The lowest BCUT2D eigenvalue weighted by molar-refractivity contribution is -0.145. The normalized spacial score (nSPS) is 11.9. The second-order valence-electron chi connectivity index (χ2n) is 6.95. The quantitative estimate of drug-likeness (QED) is 0.578. The molecule has 1 aromatic heterocycles. The Balaban J connectivity index is 2.02. The van der Waals surface area contributed by atoms with Gasteiger partial charge in [-0.25, -0.2) is 4.79 Å². The summed E-state index contributed by atoms with van der Waals surface area (Å²) in [4.78, 5) is 37.7. The molecule has 0 radical (unpaired) electrons. The molecule has 0 bridgehead atoms. The fourth-order valence-electron chi connectivity index (χ4n) is 2.68. The predicted molar refractivity (Wildman–Crippen MR) is 106 cm³/mol. The number of rotatable bonds is 7. The van der Waals surface area contributed by atoms with Gasteiger partial charge in [0.2, 0.25) is 5.78 Å². The van der Waals surface area contributed by atoms with E-state index in [-0.39, 0.29) is 24.2 Å².